The van der Waals surface area contributed by atoms with Crippen molar-refractivity contribution < 1.29 is 14.2 Å². The predicted octanol–water partition coefficient (Wildman–Crippen LogP) is 2.79. The second-order valence-corrected chi connectivity index (χ2v) is 4.77. The van der Waals surface area contributed by atoms with Crippen molar-refractivity contribution >= 4 is 0 Å². The number of aliphatic hydroxyl groups excluding tert-OH is 1. The number of rotatable bonds is 5. The minimum absolute atomic E-state index is 0.117. The molecule has 4 heteroatoms. The summed E-state index contributed by atoms with van der Waals surface area (Å²) in [6, 6.07) is 13.4. The number of hydrogen-bond acceptors (Lipinski definition) is 3. The van der Waals surface area contributed by atoms with E-state index in [1.807, 2.05) is 30.3 Å². The van der Waals surface area contributed by atoms with Gasteiger partial charge < -0.3 is 15.6 Å². The van der Waals surface area contributed by atoms with Crippen molar-refractivity contribution in [2.75, 3.05) is 0 Å². The lowest BCUT2D eigenvalue weighted by Gasteiger charge is -2.16. The maximum Gasteiger partial charge on any atom is 0.165 e. The lowest BCUT2D eigenvalue weighted by atomic mass is 10.0. The molecule has 0 aromatic heterocycles. The molecule has 20 heavy (non-hydrogen) atoms. The molecular weight excluding hydrogens is 257 g/mol. The van der Waals surface area contributed by atoms with Crippen LogP contribution in [0.5, 0.6) is 5.75 Å². The first-order chi connectivity index (χ1) is 9.58. The standard InChI is InChI=1S/C16H18FNO2/c1-11(18)16(19)13-7-8-14(17)15(9-13)20-10-12-5-3-2-4-6-12/h2-9,11,16,19H,10,18H2,1H3/t11-,16-/m0/s1. The fourth-order valence-corrected chi connectivity index (χ4v) is 1.85. The van der Waals surface area contributed by atoms with Gasteiger partial charge in [0.25, 0.3) is 0 Å². The first kappa shape index (κ1) is 14.5. The molecule has 2 atom stereocenters. The van der Waals surface area contributed by atoms with Crippen LogP contribution in [0.2, 0.25) is 0 Å². The van der Waals surface area contributed by atoms with E-state index in [2.05, 4.69) is 0 Å². The maximum absolute atomic E-state index is 13.7. The van der Waals surface area contributed by atoms with Crippen LogP contribution >= 0.6 is 0 Å². The van der Waals surface area contributed by atoms with Crippen molar-refractivity contribution in [1.29, 1.82) is 0 Å². The Balaban J connectivity index is 2.13. The summed E-state index contributed by atoms with van der Waals surface area (Å²) < 4.78 is 19.2. The van der Waals surface area contributed by atoms with Crippen LogP contribution < -0.4 is 10.5 Å². The van der Waals surface area contributed by atoms with E-state index in [9.17, 15) is 9.50 Å². The Kier molecular flexibility index (Phi) is 4.71. The molecule has 0 spiro atoms. The molecule has 0 radical (unpaired) electrons. The number of ether oxygens (including phenoxy) is 1. The van der Waals surface area contributed by atoms with Gasteiger partial charge in [-0.2, -0.15) is 0 Å². The normalized spacial score (nSPS) is 13.8. The zero-order valence-corrected chi connectivity index (χ0v) is 11.3. The minimum atomic E-state index is -0.838. The number of hydrogen-bond donors (Lipinski definition) is 2. The summed E-state index contributed by atoms with van der Waals surface area (Å²) in [4.78, 5) is 0. The van der Waals surface area contributed by atoms with Crippen LogP contribution in [0, 0.1) is 5.82 Å². The van der Waals surface area contributed by atoms with Gasteiger partial charge in [-0.1, -0.05) is 36.4 Å². The van der Waals surface area contributed by atoms with Crippen LogP contribution in [0.4, 0.5) is 4.39 Å². The van der Waals surface area contributed by atoms with E-state index in [0.29, 0.717) is 5.56 Å². The van der Waals surface area contributed by atoms with Gasteiger partial charge >= 0.3 is 0 Å². The molecule has 2 aromatic rings. The van der Waals surface area contributed by atoms with E-state index >= 15 is 0 Å². The highest BCUT2D eigenvalue weighted by Gasteiger charge is 2.15. The molecule has 3 nitrogen and oxygen atoms in total. The van der Waals surface area contributed by atoms with Crippen molar-refractivity contribution in [1.82, 2.24) is 0 Å². The SMILES string of the molecule is C[C@H](N)[C@H](O)c1ccc(F)c(OCc2ccccc2)c1. The Morgan fingerprint density at radius 3 is 2.55 bits per heavy atom. The topological polar surface area (TPSA) is 55.5 Å². The summed E-state index contributed by atoms with van der Waals surface area (Å²) in [6.07, 6.45) is -0.838. The Morgan fingerprint density at radius 1 is 1.20 bits per heavy atom. The first-order valence-electron chi connectivity index (χ1n) is 6.47. The Labute approximate surface area is 117 Å². The van der Waals surface area contributed by atoms with Gasteiger partial charge in [0, 0.05) is 6.04 Å². The van der Waals surface area contributed by atoms with Gasteiger partial charge in [0.1, 0.15) is 6.61 Å². The van der Waals surface area contributed by atoms with E-state index in [0.717, 1.165) is 5.56 Å². The van der Waals surface area contributed by atoms with Gasteiger partial charge in [0.2, 0.25) is 0 Å². The van der Waals surface area contributed by atoms with Crippen molar-refractivity contribution in [3.8, 4) is 5.75 Å². The van der Waals surface area contributed by atoms with E-state index in [1.165, 1.54) is 18.2 Å². The highest BCUT2D eigenvalue weighted by atomic mass is 19.1. The first-order valence-corrected chi connectivity index (χ1v) is 6.47. The van der Waals surface area contributed by atoms with Gasteiger partial charge in [-0.05, 0) is 30.2 Å². The highest BCUT2D eigenvalue weighted by molar-refractivity contribution is 5.32. The van der Waals surface area contributed by atoms with Gasteiger partial charge in [-0.3, -0.25) is 0 Å². The van der Waals surface area contributed by atoms with Gasteiger partial charge in [0.15, 0.2) is 11.6 Å². The summed E-state index contributed by atoms with van der Waals surface area (Å²) in [5.41, 5.74) is 7.13. The molecule has 0 aliphatic heterocycles. The summed E-state index contributed by atoms with van der Waals surface area (Å²) >= 11 is 0. The van der Waals surface area contributed by atoms with Crippen LogP contribution in [0.1, 0.15) is 24.2 Å². The van der Waals surface area contributed by atoms with Crippen molar-refractivity contribution in [3.63, 3.8) is 0 Å². The summed E-state index contributed by atoms with van der Waals surface area (Å²) in [7, 11) is 0. The van der Waals surface area contributed by atoms with E-state index in [-0.39, 0.29) is 12.4 Å². The predicted molar refractivity (Wildman–Crippen MR) is 75.8 cm³/mol. The second-order valence-electron chi connectivity index (χ2n) is 4.77. The van der Waals surface area contributed by atoms with Crippen LogP contribution in [-0.4, -0.2) is 11.1 Å². The monoisotopic (exact) mass is 275 g/mol. The van der Waals surface area contributed by atoms with Crippen LogP contribution in [-0.2, 0) is 6.61 Å². The Bertz CT molecular complexity index is 558. The molecule has 0 saturated carbocycles. The largest absolute Gasteiger partial charge is 0.486 e. The molecule has 3 N–H and O–H groups in total. The number of aliphatic hydroxyl groups is 1. The third-order valence-electron chi connectivity index (χ3n) is 3.03. The lowest BCUT2D eigenvalue weighted by molar-refractivity contribution is 0.152. The zero-order chi connectivity index (χ0) is 14.5. The summed E-state index contributed by atoms with van der Waals surface area (Å²) in [6.45, 7) is 1.97. The molecule has 0 bridgehead atoms. The molecule has 0 heterocycles. The molecule has 0 fully saturated rings. The molecule has 106 valence electrons. The maximum atomic E-state index is 13.7. The fourth-order valence-electron chi connectivity index (χ4n) is 1.85. The van der Waals surface area contributed by atoms with Gasteiger partial charge in [-0.15, -0.1) is 0 Å². The number of halogens is 1. The molecule has 0 aliphatic rings. The molecular formula is C16H18FNO2. The Hall–Kier alpha value is -1.91. The summed E-state index contributed by atoms with van der Waals surface area (Å²) in [5, 5.41) is 9.90. The lowest BCUT2D eigenvalue weighted by Crippen LogP contribution is -2.24. The quantitative estimate of drug-likeness (QED) is 0.882. The third kappa shape index (κ3) is 3.56. The molecule has 2 aromatic carbocycles. The molecule has 0 aliphatic carbocycles. The van der Waals surface area contributed by atoms with E-state index < -0.39 is 18.0 Å². The average molecular weight is 275 g/mol. The molecule has 0 unspecified atom stereocenters. The van der Waals surface area contributed by atoms with Crippen LogP contribution in [0.3, 0.4) is 0 Å². The smallest absolute Gasteiger partial charge is 0.165 e. The third-order valence-corrected chi connectivity index (χ3v) is 3.03. The zero-order valence-electron chi connectivity index (χ0n) is 11.3. The van der Waals surface area contributed by atoms with Crippen molar-refractivity contribution in [2.45, 2.75) is 25.7 Å². The van der Waals surface area contributed by atoms with Crippen LogP contribution in [0.15, 0.2) is 48.5 Å². The number of nitrogens with two attached hydrogens (primary N) is 1. The van der Waals surface area contributed by atoms with Gasteiger partial charge in [-0.25, -0.2) is 4.39 Å². The second kappa shape index (κ2) is 6.50. The van der Waals surface area contributed by atoms with E-state index in [1.54, 1.807) is 6.92 Å². The molecule has 0 amide bonds. The fraction of sp³-hybridized carbons (Fsp3) is 0.250. The summed E-state index contributed by atoms with van der Waals surface area (Å²) in [5.74, 6) is -0.340. The number of benzene rings is 2. The molecule has 2 rings (SSSR count). The highest BCUT2D eigenvalue weighted by Crippen LogP contribution is 2.25. The molecule has 0 saturated heterocycles. The van der Waals surface area contributed by atoms with Crippen LogP contribution in [0.25, 0.3) is 0 Å². The Morgan fingerprint density at radius 2 is 1.90 bits per heavy atom. The van der Waals surface area contributed by atoms with Crippen molar-refractivity contribution in [3.05, 3.63) is 65.5 Å². The average Bonchev–Trinajstić information content (AvgIpc) is 2.46. The van der Waals surface area contributed by atoms with Crippen molar-refractivity contribution in [2.24, 2.45) is 5.73 Å². The van der Waals surface area contributed by atoms with Gasteiger partial charge in [0.05, 0.1) is 6.10 Å². The minimum Gasteiger partial charge on any atom is -0.486 e. The van der Waals surface area contributed by atoms with E-state index in [4.69, 9.17) is 10.5 Å².